The Morgan fingerprint density at radius 3 is 1.67 bits per heavy atom. The second-order valence-corrected chi connectivity index (χ2v) is 6.28. The third-order valence-electron chi connectivity index (χ3n) is 3.51. The van der Waals surface area contributed by atoms with Gasteiger partial charge >= 0.3 is 0 Å². The van der Waals surface area contributed by atoms with Crippen LogP contribution in [0.3, 0.4) is 0 Å². The lowest BCUT2D eigenvalue weighted by molar-refractivity contribution is -0.890. The van der Waals surface area contributed by atoms with Crippen LogP contribution in [0.2, 0.25) is 0 Å². The number of halogens is 2. The van der Waals surface area contributed by atoms with Crippen LogP contribution in [0.5, 0.6) is 0 Å². The fourth-order valence-electron chi connectivity index (χ4n) is 2.27. The molecule has 0 radical (unpaired) electrons. The summed E-state index contributed by atoms with van der Waals surface area (Å²) in [6, 6.07) is 0. The van der Waals surface area contributed by atoms with Crippen molar-refractivity contribution in [3.05, 3.63) is 0 Å². The molecule has 0 saturated heterocycles. The molecule has 0 spiro atoms. The van der Waals surface area contributed by atoms with E-state index in [9.17, 15) is 0 Å². The highest BCUT2D eigenvalue weighted by atomic mass is 35.5. The summed E-state index contributed by atoms with van der Waals surface area (Å²) in [7, 11) is 4.65. The fraction of sp³-hybridized carbons (Fsp3) is 1.00. The summed E-state index contributed by atoms with van der Waals surface area (Å²) < 4.78 is 1.14. The van der Waals surface area contributed by atoms with E-state index in [1.54, 1.807) is 0 Å². The SMILES string of the molecule is CCCCCCCCCC[N+](C)(C)CCCCl.[Cl-]. The van der Waals surface area contributed by atoms with Crippen LogP contribution < -0.4 is 12.4 Å². The second-order valence-electron chi connectivity index (χ2n) is 5.90. The molecule has 0 rings (SSSR count). The Hall–Kier alpha value is 0.540. The average Bonchev–Trinajstić information content (AvgIpc) is 2.30. The van der Waals surface area contributed by atoms with E-state index in [0.717, 1.165) is 16.8 Å². The summed E-state index contributed by atoms with van der Waals surface area (Å²) in [5.74, 6) is 0.805. The first-order chi connectivity index (χ1) is 8.12. The highest BCUT2D eigenvalue weighted by Gasteiger charge is 2.12. The zero-order valence-electron chi connectivity index (χ0n) is 12.7. The molecular formula is C15H33Cl2N. The summed E-state index contributed by atoms with van der Waals surface area (Å²) in [5, 5.41) is 0. The van der Waals surface area contributed by atoms with E-state index in [1.807, 2.05) is 0 Å². The third-order valence-corrected chi connectivity index (χ3v) is 3.78. The van der Waals surface area contributed by atoms with Gasteiger partial charge in [0.05, 0.1) is 27.2 Å². The van der Waals surface area contributed by atoms with Gasteiger partial charge < -0.3 is 16.9 Å². The second kappa shape index (κ2) is 14.0. The molecule has 0 heterocycles. The van der Waals surface area contributed by atoms with Crippen molar-refractivity contribution < 1.29 is 16.9 Å². The lowest BCUT2D eigenvalue weighted by Gasteiger charge is -2.29. The summed E-state index contributed by atoms with van der Waals surface area (Å²) >= 11 is 5.74. The summed E-state index contributed by atoms with van der Waals surface area (Å²) in [5.41, 5.74) is 0. The molecule has 0 aliphatic heterocycles. The molecule has 0 aromatic heterocycles. The van der Waals surface area contributed by atoms with Gasteiger partial charge in [-0.05, 0) is 12.8 Å². The van der Waals surface area contributed by atoms with Gasteiger partial charge in [-0.1, -0.05) is 45.4 Å². The van der Waals surface area contributed by atoms with Gasteiger partial charge in [-0.3, -0.25) is 0 Å². The number of hydrogen-bond donors (Lipinski definition) is 0. The Kier molecular flexibility index (Phi) is 16.2. The molecule has 0 N–H and O–H groups in total. The van der Waals surface area contributed by atoms with Crippen molar-refractivity contribution in [2.45, 2.75) is 64.7 Å². The minimum Gasteiger partial charge on any atom is -1.00 e. The molecule has 0 bridgehead atoms. The third kappa shape index (κ3) is 14.6. The van der Waals surface area contributed by atoms with E-state index in [4.69, 9.17) is 11.6 Å². The average molecular weight is 298 g/mol. The Bertz CT molecular complexity index is 161. The summed E-state index contributed by atoms with van der Waals surface area (Å²) in [6.45, 7) is 4.81. The van der Waals surface area contributed by atoms with Crippen molar-refractivity contribution in [3.63, 3.8) is 0 Å². The summed E-state index contributed by atoms with van der Waals surface area (Å²) in [4.78, 5) is 0. The van der Waals surface area contributed by atoms with E-state index in [2.05, 4.69) is 21.0 Å². The first kappa shape index (κ1) is 20.8. The van der Waals surface area contributed by atoms with Crippen molar-refractivity contribution >= 4 is 11.6 Å². The maximum absolute atomic E-state index is 5.74. The van der Waals surface area contributed by atoms with Gasteiger partial charge in [0.15, 0.2) is 0 Å². The van der Waals surface area contributed by atoms with Gasteiger partial charge in [0.2, 0.25) is 0 Å². The van der Waals surface area contributed by atoms with Crippen LogP contribution in [0.4, 0.5) is 0 Å². The molecule has 0 aromatic rings. The largest absolute Gasteiger partial charge is 1.00 e. The molecule has 0 fully saturated rings. The van der Waals surface area contributed by atoms with Crippen LogP contribution in [-0.4, -0.2) is 37.5 Å². The quantitative estimate of drug-likeness (QED) is 0.293. The Morgan fingerprint density at radius 1 is 0.722 bits per heavy atom. The van der Waals surface area contributed by atoms with Gasteiger partial charge in [-0.25, -0.2) is 0 Å². The van der Waals surface area contributed by atoms with E-state index >= 15 is 0 Å². The van der Waals surface area contributed by atoms with Gasteiger partial charge in [-0.2, -0.15) is 0 Å². The number of quaternary nitrogens is 1. The lowest BCUT2D eigenvalue weighted by atomic mass is 10.1. The van der Waals surface area contributed by atoms with Crippen molar-refractivity contribution in [1.82, 2.24) is 0 Å². The Labute approximate surface area is 126 Å². The fourth-order valence-corrected chi connectivity index (χ4v) is 2.39. The minimum atomic E-state index is 0. The Morgan fingerprint density at radius 2 is 1.17 bits per heavy atom. The predicted octanol–water partition coefficient (Wildman–Crippen LogP) is 1.84. The van der Waals surface area contributed by atoms with Crippen LogP contribution in [0.1, 0.15) is 64.7 Å². The van der Waals surface area contributed by atoms with Crippen LogP contribution >= 0.6 is 11.6 Å². The smallest absolute Gasteiger partial charge is 0.0794 e. The van der Waals surface area contributed by atoms with Crippen LogP contribution in [0, 0.1) is 0 Å². The standard InChI is InChI=1S/C15H33ClN.ClH/c1-4-5-6-7-8-9-10-11-14-17(2,3)15-12-13-16;/h4-15H2,1-3H3;1H/q+1;/p-1. The van der Waals surface area contributed by atoms with E-state index < -0.39 is 0 Å². The monoisotopic (exact) mass is 297 g/mol. The molecule has 3 heteroatoms. The maximum atomic E-state index is 5.74. The molecule has 112 valence electrons. The maximum Gasteiger partial charge on any atom is 0.0794 e. The molecule has 0 saturated carbocycles. The summed E-state index contributed by atoms with van der Waals surface area (Å²) in [6.07, 6.45) is 12.5. The number of rotatable bonds is 12. The van der Waals surface area contributed by atoms with Crippen LogP contribution in [0.15, 0.2) is 0 Å². The van der Waals surface area contributed by atoms with E-state index in [0.29, 0.717) is 0 Å². The molecular weight excluding hydrogens is 265 g/mol. The first-order valence-electron chi connectivity index (χ1n) is 7.50. The molecule has 0 aromatic carbocycles. The van der Waals surface area contributed by atoms with Crippen molar-refractivity contribution in [2.24, 2.45) is 0 Å². The van der Waals surface area contributed by atoms with E-state index in [-0.39, 0.29) is 12.4 Å². The molecule has 0 unspecified atom stereocenters. The normalized spacial score (nSPS) is 11.3. The predicted molar refractivity (Wildman–Crippen MR) is 79.8 cm³/mol. The molecule has 1 nitrogen and oxygen atoms in total. The minimum absolute atomic E-state index is 0. The number of hydrogen-bond acceptors (Lipinski definition) is 0. The molecule has 0 atom stereocenters. The molecule has 0 amide bonds. The zero-order valence-corrected chi connectivity index (χ0v) is 14.2. The number of alkyl halides is 1. The Balaban J connectivity index is 0. The van der Waals surface area contributed by atoms with Gasteiger partial charge in [0.1, 0.15) is 0 Å². The zero-order chi connectivity index (χ0) is 13.0. The molecule has 18 heavy (non-hydrogen) atoms. The molecule has 0 aliphatic carbocycles. The van der Waals surface area contributed by atoms with E-state index in [1.165, 1.54) is 64.5 Å². The van der Waals surface area contributed by atoms with Crippen molar-refractivity contribution in [1.29, 1.82) is 0 Å². The molecule has 0 aliphatic rings. The number of nitrogens with zero attached hydrogens (tertiary/aromatic N) is 1. The van der Waals surface area contributed by atoms with Crippen LogP contribution in [-0.2, 0) is 0 Å². The highest BCUT2D eigenvalue weighted by molar-refractivity contribution is 6.17. The lowest BCUT2D eigenvalue weighted by Crippen LogP contribution is -3.00. The first-order valence-corrected chi connectivity index (χ1v) is 8.04. The van der Waals surface area contributed by atoms with Crippen molar-refractivity contribution in [3.8, 4) is 0 Å². The highest BCUT2D eigenvalue weighted by Crippen LogP contribution is 2.10. The van der Waals surface area contributed by atoms with Crippen LogP contribution in [0.25, 0.3) is 0 Å². The van der Waals surface area contributed by atoms with Crippen molar-refractivity contribution in [2.75, 3.05) is 33.1 Å². The van der Waals surface area contributed by atoms with Gasteiger partial charge in [0, 0.05) is 12.3 Å². The van der Waals surface area contributed by atoms with Gasteiger partial charge in [-0.15, -0.1) is 11.6 Å². The van der Waals surface area contributed by atoms with Gasteiger partial charge in [0.25, 0.3) is 0 Å². The number of unbranched alkanes of at least 4 members (excludes halogenated alkanes) is 7. The topological polar surface area (TPSA) is 0 Å².